The van der Waals surface area contributed by atoms with Gasteiger partial charge < -0.3 is 15.0 Å². The zero-order chi connectivity index (χ0) is 19.1. The number of carbonyl (C=O) groups excluding carboxylic acids is 1. The van der Waals surface area contributed by atoms with Gasteiger partial charge in [0.2, 0.25) is 0 Å². The first kappa shape index (κ1) is 17.9. The summed E-state index contributed by atoms with van der Waals surface area (Å²) in [6.45, 7) is 1.37. The minimum Gasteiger partial charge on any atom is -0.497 e. The highest BCUT2D eigenvalue weighted by atomic mass is 16.5. The van der Waals surface area contributed by atoms with Gasteiger partial charge in [-0.3, -0.25) is 4.90 Å². The van der Waals surface area contributed by atoms with Gasteiger partial charge in [-0.1, -0.05) is 42.5 Å². The van der Waals surface area contributed by atoms with E-state index in [1.54, 1.807) is 7.11 Å². The molecular formula is C22H27N3O2. The molecule has 0 atom stereocenters. The number of ether oxygens (including phenoxy) is 1. The minimum absolute atomic E-state index is 0.00926. The summed E-state index contributed by atoms with van der Waals surface area (Å²) in [6.07, 6.45) is 1.86. The lowest BCUT2D eigenvalue weighted by atomic mass is 9.59. The van der Waals surface area contributed by atoms with E-state index in [1.807, 2.05) is 29.2 Å². The Morgan fingerprint density at radius 3 is 2.33 bits per heavy atom. The van der Waals surface area contributed by atoms with Crippen LogP contribution in [0.2, 0.25) is 0 Å². The molecule has 2 fully saturated rings. The fourth-order valence-corrected chi connectivity index (χ4v) is 4.66. The van der Waals surface area contributed by atoms with E-state index in [2.05, 4.69) is 54.6 Å². The van der Waals surface area contributed by atoms with Gasteiger partial charge in [0.05, 0.1) is 18.2 Å². The van der Waals surface area contributed by atoms with Gasteiger partial charge in [0, 0.05) is 13.1 Å². The highest BCUT2D eigenvalue weighted by Crippen LogP contribution is 2.53. The third-order valence-electron chi connectivity index (χ3n) is 6.11. The molecule has 2 aliphatic rings. The number of urea groups is 1. The molecule has 1 aliphatic heterocycles. The SMILES string of the molecule is COc1ccc(CN2C[C@]3(C[C@](c4ccccc4)(N(C)C)C3)NC2=O)cc1. The Kier molecular flexibility index (Phi) is 4.35. The summed E-state index contributed by atoms with van der Waals surface area (Å²) in [5.41, 5.74) is 2.29. The van der Waals surface area contributed by atoms with Crippen molar-refractivity contribution in [1.29, 1.82) is 0 Å². The number of methoxy groups -OCH3 is 1. The number of carbonyl (C=O) groups is 1. The summed E-state index contributed by atoms with van der Waals surface area (Å²) in [4.78, 5) is 16.8. The average molecular weight is 365 g/mol. The molecule has 1 aliphatic carbocycles. The van der Waals surface area contributed by atoms with Gasteiger partial charge in [-0.25, -0.2) is 4.79 Å². The van der Waals surface area contributed by atoms with Crippen LogP contribution >= 0.6 is 0 Å². The van der Waals surface area contributed by atoms with E-state index >= 15 is 0 Å². The first-order valence-corrected chi connectivity index (χ1v) is 9.39. The molecule has 27 heavy (non-hydrogen) atoms. The molecule has 1 saturated carbocycles. The van der Waals surface area contributed by atoms with Crippen molar-refractivity contribution in [3.05, 3.63) is 65.7 Å². The quantitative estimate of drug-likeness (QED) is 0.885. The first-order chi connectivity index (χ1) is 13.0. The van der Waals surface area contributed by atoms with E-state index in [1.165, 1.54) is 5.56 Å². The molecule has 1 N–H and O–H groups in total. The van der Waals surface area contributed by atoms with E-state index in [9.17, 15) is 4.79 Å². The number of nitrogens with zero attached hydrogens (tertiary/aromatic N) is 2. The number of hydrogen-bond donors (Lipinski definition) is 1. The molecule has 5 heteroatoms. The van der Waals surface area contributed by atoms with Crippen LogP contribution in [-0.2, 0) is 12.1 Å². The number of amides is 2. The lowest BCUT2D eigenvalue weighted by Crippen LogP contribution is -2.66. The monoisotopic (exact) mass is 365 g/mol. The second-order valence-corrected chi connectivity index (χ2v) is 8.06. The van der Waals surface area contributed by atoms with E-state index in [0.717, 1.165) is 30.7 Å². The number of nitrogens with one attached hydrogen (secondary N) is 1. The second-order valence-electron chi connectivity index (χ2n) is 8.06. The van der Waals surface area contributed by atoms with Gasteiger partial charge in [0.15, 0.2) is 0 Å². The van der Waals surface area contributed by atoms with Crippen LogP contribution in [-0.4, -0.2) is 49.1 Å². The molecule has 2 amide bonds. The highest BCUT2D eigenvalue weighted by Gasteiger charge is 2.60. The van der Waals surface area contributed by atoms with Crippen LogP contribution in [0.25, 0.3) is 0 Å². The second kappa shape index (κ2) is 6.57. The molecule has 1 heterocycles. The maximum absolute atomic E-state index is 12.6. The fraction of sp³-hybridized carbons (Fsp3) is 0.409. The normalized spacial score (nSPS) is 27.0. The zero-order valence-corrected chi connectivity index (χ0v) is 16.2. The van der Waals surface area contributed by atoms with Crippen molar-refractivity contribution < 1.29 is 9.53 Å². The maximum atomic E-state index is 12.6. The lowest BCUT2D eigenvalue weighted by Gasteiger charge is -2.57. The predicted octanol–water partition coefficient (Wildman–Crippen LogP) is 3.21. The summed E-state index contributed by atoms with van der Waals surface area (Å²) >= 11 is 0. The molecule has 0 unspecified atom stereocenters. The smallest absolute Gasteiger partial charge is 0.318 e. The average Bonchev–Trinajstić information content (AvgIpc) is 2.97. The molecular weight excluding hydrogens is 338 g/mol. The summed E-state index contributed by atoms with van der Waals surface area (Å²) in [5.74, 6) is 0.832. The van der Waals surface area contributed by atoms with Gasteiger partial charge in [-0.2, -0.15) is 0 Å². The number of benzene rings is 2. The molecule has 5 nitrogen and oxygen atoms in total. The van der Waals surface area contributed by atoms with Crippen LogP contribution in [0.5, 0.6) is 5.75 Å². The van der Waals surface area contributed by atoms with E-state index < -0.39 is 0 Å². The van der Waals surface area contributed by atoms with Crippen molar-refractivity contribution in [2.45, 2.75) is 30.5 Å². The van der Waals surface area contributed by atoms with E-state index in [4.69, 9.17) is 4.74 Å². The van der Waals surface area contributed by atoms with Crippen molar-refractivity contribution in [2.75, 3.05) is 27.7 Å². The van der Waals surface area contributed by atoms with Crippen LogP contribution in [0.1, 0.15) is 24.0 Å². The zero-order valence-electron chi connectivity index (χ0n) is 16.2. The Labute approximate surface area is 160 Å². The third-order valence-corrected chi connectivity index (χ3v) is 6.11. The molecule has 142 valence electrons. The van der Waals surface area contributed by atoms with Crippen molar-refractivity contribution in [3.8, 4) is 5.75 Å². The Bertz CT molecular complexity index is 811. The third kappa shape index (κ3) is 3.06. The molecule has 0 bridgehead atoms. The van der Waals surface area contributed by atoms with Crippen molar-refractivity contribution in [3.63, 3.8) is 0 Å². The molecule has 1 saturated heterocycles. The summed E-state index contributed by atoms with van der Waals surface area (Å²) in [6, 6.07) is 18.6. The largest absolute Gasteiger partial charge is 0.497 e. The van der Waals surface area contributed by atoms with Gasteiger partial charge in [-0.05, 0) is 50.2 Å². The van der Waals surface area contributed by atoms with Gasteiger partial charge in [0.1, 0.15) is 5.75 Å². The summed E-state index contributed by atoms with van der Waals surface area (Å²) in [7, 11) is 5.92. The molecule has 1 spiro atoms. The fourth-order valence-electron chi connectivity index (χ4n) is 4.66. The van der Waals surface area contributed by atoms with E-state index in [0.29, 0.717) is 6.54 Å². The molecule has 4 rings (SSSR count). The van der Waals surface area contributed by atoms with Crippen LogP contribution in [0.15, 0.2) is 54.6 Å². The Hall–Kier alpha value is -2.53. The number of hydrogen-bond acceptors (Lipinski definition) is 3. The molecule has 0 aromatic heterocycles. The maximum Gasteiger partial charge on any atom is 0.318 e. The van der Waals surface area contributed by atoms with Crippen LogP contribution in [0, 0.1) is 0 Å². The molecule has 0 radical (unpaired) electrons. The topological polar surface area (TPSA) is 44.8 Å². The van der Waals surface area contributed by atoms with Crippen molar-refractivity contribution in [2.24, 2.45) is 0 Å². The lowest BCUT2D eigenvalue weighted by molar-refractivity contribution is -0.0231. The Balaban J connectivity index is 1.48. The Morgan fingerprint density at radius 2 is 1.74 bits per heavy atom. The predicted molar refractivity (Wildman–Crippen MR) is 106 cm³/mol. The van der Waals surface area contributed by atoms with Crippen LogP contribution in [0.4, 0.5) is 4.79 Å². The van der Waals surface area contributed by atoms with Crippen LogP contribution in [0.3, 0.4) is 0 Å². The van der Waals surface area contributed by atoms with Gasteiger partial charge in [0.25, 0.3) is 0 Å². The van der Waals surface area contributed by atoms with Crippen molar-refractivity contribution >= 4 is 6.03 Å². The number of rotatable bonds is 5. The Morgan fingerprint density at radius 1 is 1.07 bits per heavy atom. The standard InChI is InChI=1S/C22H27N3O2/c1-24(2)22(18-7-5-4-6-8-18)14-21(15-22)16-25(20(26)23-21)13-17-9-11-19(27-3)12-10-17/h4-12H,13-16H2,1-3H3,(H,23,26)/t21-,22+. The summed E-state index contributed by atoms with van der Waals surface area (Å²) < 4.78 is 5.21. The first-order valence-electron chi connectivity index (χ1n) is 9.39. The summed E-state index contributed by atoms with van der Waals surface area (Å²) in [5, 5.41) is 3.27. The van der Waals surface area contributed by atoms with Gasteiger partial charge >= 0.3 is 6.03 Å². The minimum atomic E-state index is -0.135. The highest BCUT2D eigenvalue weighted by molar-refractivity contribution is 5.78. The van der Waals surface area contributed by atoms with E-state index in [-0.39, 0.29) is 17.1 Å². The molecule has 2 aromatic rings. The van der Waals surface area contributed by atoms with Gasteiger partial charge in [-0.15, -0.1) is 0 Å². The van der Waals surface area contributed by atoms with Crippen LogP contribution < -0.4 is 10.1 Å². The van der Waals surface area contributed by atoms with Crippen molar-refractivity contribution in [1.82, 2.24) is 15.1 Å². The molecule has 2 aromatic carbocycles.